The van der Waals surface area contributed by atoms with Crippen molar-refractivity contribution in [2.45, 2.75) is 245 Å². The minimum absolute atomic E-state index is 0.113. The number of carbonyl (C=O) groups excluding carboxylic acids is 3. The Morgan fingerprint density at radius 1 is 0.299 bits per heavy atom. The molecule has 0 aromatic rings. The molecule has 1 atom stereocenters. The smallest absolute Gasteiger partial charge is 0.306 e. The van der Waals surface area contributed by atoms with Crippen molar-refractivity contribution >= 4 is 17.9 Å². The zero-order valence-corrected chi connectivity index (χ0v) is 43.4. The molecule has 380 valence electrons. The third-order valence-electron chi connectivity index (χ3n) is 11.2. The van der Waals surface area contributed by atoms with Crippen LogP contribution in [0.5, 0.6) is 0 Å². The van der Waals surface area contributed by atoms with Crippen LogP contribution < -0.4 is 0 Å². The Morgan fingerprint density at radius 3 is 0.896 bits per heavy atom. The molecule has 0 N–H and O–H groups in total. The van der Waals surface area contributed by atoms with Crippen molar-refractivity contribution in [2.75, 3.05) is 13.2 Å². The fourth-order valence-corrected chi connectivity index (χ4v) is 7.06. The zero-order valence-electron chi connectivity index (χ0n) is 43.4. The highest BCUT2D eigenvalue weighted by molar-refractivity contribution is 5.71. The van der Waals surface area contributed by atoms with Crippen LogP contribution in [0, 0.1) is 0 Å². The quantitative estimate of drug-likeness (QED) is 0.0262. The maximum Gasteiger partial charge on any atom is 0.306 e. The van der Waals surface area contributed by atoms with Crippen molar-refractivity contribution in [3.05, 3.63) is 109 Å². The predicted molar refractivity (Wildman–Crippen MR) is 288 cm³/mol. The van der Waals surface area contributed by atoms with Crippen molar-refractivity contribution in [2.24, 2.45) is 0 Å². The van der Waals surface area contributed by atoms with Gasteiger partial charge in [-0.3, -0.25) is 14.4 Å². The molecule has 0 heterocycles. The molecule has 0 aromatic carbocycles. The van der Waals surface area contributed by atoms with Gasteiger partial charge in [0.05, 0.1) is 0 Å². The van der Waals surface area contributed by atoms with E-state index < -0.39 is 6.10 Å². The lowest BCUT2D eigenvalue weighted by atomic mass is 10.1. The summed E-state index contributed by atoms with van der Waals surface area (Å²) in [6.45, 7) is 6.47. The lowest BCUT2D eigenvalue weighted by Crippen LogP contribution is -2.30. The first-order chi connectivity index (χ1) is 33.0. The van der Waals surface area contributed by atoms with Crippen LogP contribution in [-0.4, -0.2) is 37.2 Å². The molecule has 0 saturated carbocycles. The van der Waals surface area contributed by atoms with Gasteiger partial charge in [-0.15, -0.1) is 0 Å². The minimum atomic E-state index is -0.820. The van der Waals surface area contributed by atoms with Gasteiger partial charge >= 0.3 is 17.9 Å². The van der Waals surface area contributed by atoms with Crippen LogP contribution >= 0.6 is 0 Å². The molecule has 0 unspecified atom stereocenters. The molecule has 0 rings (SSSR count). The second kappa shape index (κ2) is 54.7. The Hall–Kier alpha value is -3.93. The predicted octanol–water partition coefficient (Wildman–Crippen LogP) is 18.3. The minimum Gasteiger partial charge on any atom is -0.462 e. The molecule has 6 heteroatoms. The van der Waals surface area contributed by atoms with Gasteiger partial charge in [-0.2, -0.15) is 0 Å². The molecule has 0 aliphatic rings. The zero-order chi connectivity index (χ0) is 48.6. The first-order valence-electron chi connectivity index (χ1n) is 27.4. The second-order valence-electron chi connectivity index (χ2n) is 17.8. The molecule has 0 spiro atoms. The van der Waals surface area contributed by atoms with Gasteiger partial charge < -0.3 is 14.2 Å². The molecular formula is C61H100O6. The average molecular weight is 929 g/mol. The molecular weight excluding hydrogens is 829 g/mol. The molecule has 0 radical (unpaired) electrons. The Balaban J connectivity index is 4.56. The lowest BCUT2D eigenvalue weighted by molar-refractivity contribution is -0.167. The summed E-state index contributed by atoms with van der Waals surface area (Å²) in [5, 5.41) is 0. The molecule has 0 amide bonds. The first-order valence-corrected chi connectivity index (χ1v) is 27.4. The summed E-state index contributed by atoms with van der Waals surface area (Å²) in [7, 11) is 0. The van der Waals surface area contributed by atoms with Crippen LogP contribution in [0.25, 0.3) is 0 Å². The van der Waals surface area contributed by atoms with Crippen LogP contribution in [-0.2, 0) is 28.6 Å². The topological polar surface area (TPSA) is 78.9 Å². The van der Waals surface area contributed by atoms with Crippen LogP contribution in [0.2, 0.25) is 0 Å². The highest BCUT2D eigenvalue weighted by atomic mass is 16.6. The van der Waals surface area contributed by atoms with Gasteiger partial charge in [-0.25, -0.2) is 0 Å². The Labute approximate surface area is 412 Å². The van der Waals surface area contributed by atoms with E-state index in [4.69, 9.17) is 14.2 Å². The highest BCUT2D eigenvalue weighted by Gasteiger charge is 2.19. The Kier molecular flexibility index (Phi) is 51.5. The van der Waals surface area contributed by atoms with E-state index in [1.165, 1.54) is 77.0 Å². The number of carbonyl (C=O) groups is 3. The molecule has 6 nitrogen and oxygen atoms in total. The Bertz CT molecular complexity index is 1390. The average Bonchev–Trinajstić information content (AvgIpc) is 3.33. The number of rotatable bonds is 48. The SMILES string of the molecule is CCCCC/C=C/C/C=C/C/C=C/C/C=C/CCCC(=O)OC[C@@H](COC(=O)CCCCCCC/C=C/C/C=C/CCCCC)OC(=O)CCCCCC/C=C/C/C=C/C/C=C/CCCCC. The third-order valence-corrected chi connectivity index (χ3v) is 11.2. The van der Waals surface area contributed by atoms with Crippen molar-refractivity contribution in [1.82, 2.24) is 0 Å². The van der Waals surface area contributed by atoms with E-state index in [2.05, 4.69) is 130 Å². The lowest BCUT2D eigenvalue weighted by Gasteiger charge is -2.18. The number of ether oxygens (including phenoxy) is 3. The van der Waals surface area contributed by atoms with Crippen LogP contribution in [0.1, 0.15) is 239 Å². The number of allylic oxidation sites excluding steroid dienone is 18. The van der Waals surface area contributed by atoms with E-state index in [1.807, 2.05) is 0 Å². The van der Waals surface area contributed by atoms with Gasteiger partial charge in [0.15, 0.2) is 6.10 Å². The number of unbranched alkanes of at least 4 members (excludes halogenated alkanes) is 19. The van der Waals surface area contributed by atoms with E-state index in [0.29, 0.717) is 12.8 Å². The molecule has 0 aliphatic heterocycles. The third kappa shape index (κ3) is 52.9. The summed E-state index contributed by atoms with van der Waals surface area (Å²) in [6, 6.07) is 0. The standard InChI is InChI=1S/C61H100O6/c1-4-7-10-13-16-19-22-25-28-30-33-36-39-42-45-48-51-54-60(63)66-57-58(56-65-59(62)53-50-47-44-41-38-35-32-27-24-21-18-15-12-9-6-3)67-61(64)55-52-49-46-43-40-37-34-31-29-26-23-20-17-14-11-8-5-2/h16-21,25-29,32-34,36-37,42,45,58H,4-15,22-24,30-31,35,38-41,43-44,46-57H2,1-3H3/b19-16+,20-17+,21-18+,28-25+,29-26+,32-27+,36-33+,37-34+,45-42+/t58-/m1/s1. The van der Waals surface area contributed by atoms with Crippen LogP contribution in [0.4, 0.5) is 0 Å². The number of hydrogen-bond acceptors (Lipinski definition) is 6. The summed E-state index contributed by atoms with van der Waals surface area (Å²) < 4.78 is 16.8. The summed E-state index contributed by atoms with van der Waals surface area (Å²) in [4.78, 5) is 38.1. The van der Waals surface area contributed by atoms with Gasteiger partial charge in [0.2, 0.25) is 0 Å². The normalized spacial score (nSPS) is 12.9. The van der Waals surface area contributed by atoms with Crippen LogP contribution in [0.3, 0.4) is 0 Å². The van der Waals surface area contributed by atoms with Gasteiger partial charge in [0.1, 0.15) is 13.2 Å². The maximum absolute atomic E-state index is 12.8. The monoisotopic (exact) mass is 929 g/mol. The van der Waals surface area contributed by atoms with E-state index >= 15 is 0 Å². The molecule has 0 aromatic heterocycles. The first kappa shape index (κ1) is 63.1. The number of hydrogen-bond donors (Lipinski definition) is 0. The van der Waals surface area contributed by atoms with Crippen molar-refractivity contribution < 1.29 is 28.6 Å². The van der Waals surface area contributed by atoms with Gasteiger partial charge in [0.25, 0.3) is 0 Å². The van der Waals surface area contributed by atoms with Crippen molar-refractivity contribution in [3.8, 4) is 0 Å². The van der Waals surface area contributed by atoms with E-state index in [1.54, 1.807) is 0 Å². The molecule has 0 fully saturated rings. The molecule has 0 aliphatic carbocycles. The van der Waals surface area contributed by atoms with Gasteiger partial charge in [-0.1, -0.05) is 201 Å². The van der Waals surface area contributed by atoms with Crippen molar-refractivity contribution in [1.29, 1.82) is 0 Å². The summed E-state index contributed by atoms with van der Waals surface area (Å²) in [6.07, 6.45) is 73.6. The summed E-state index contributed by atoms with van der Waals surface area (Å²) in [5.74, 6) is -1.01. The van der Waals surface area contributed by atoms with E-state index in [9.17, 15) is 14.4 Å². The molecule has 0 saturated heterocycles. The molecule has 67 heavy (non-hydrogen) atoms. The second-order valence-corrected chi connectivity index (χ2v) is 17.8. The van der Waals surface area contributed by atoms with Crippen LogP contribution in [0.15, 0.2) is 109 Å². The Morgan fingerprint density at radius 2 is 0.552 bits per heavy atom. The largest absolute Gasteiger partial charge is 0.462 e. The maximum atomic E-state index is 12.8. The fourth-order valence-electron chi connectivity index (χ4n) is 7.06. The summed E-state index contributed by atoms with van der Waals surface area (Å²) in [5.41, 5.74) is 0. The highest BCUT2D eigenvalue weighted by Crippen LogP contribution is 2.12. The molecule has 0 bridgehead atoms. The number of esters is 3. The summed E-state index contributed by atoms with van der Waals surface area (Å²) >= 11 is 0. The van der Waals surface area contributed by atoms with Crippen molar-refractivity contribution in [3.63, 3.8) is 0 Å². The van der Waals surface area contributed by atoms with Gasteiger partial charge in [-0.05, 0) is 128 Å². The van der Waals surface area contributed by atoms with Gasteiger partial charge in [0, 0.05) is 19.3 Å². The van der Waals surface area contributed by atoms with E-state index in [-0.39, 0.29) is 44.0 Å². The fraction of sp³-hybridized carbons (Fsp3) is 0.656. The van der Waals surface area contributed by atoms with E-state index in [0.717, 1.165) is 116 Å².